The molecular formula is C17H12F2N2O3S. The molecular weight excluding hydrogens is 350 g/mol. The molecule has 0 atom stereocenters. The van der Waals surface area contributed by atoms with E-state index >= 15 is 0 Å². The second kappa shape index (κ2) is 7.02. The Labute approximate surface area is 146 Å². The highest BCUT2D eigenvalue weighted by atomic mass is 32.2. The van der Waals surface area contributed by atoms with Crippen LogP contribution in [0.25, 0.3) is 0 Å². The van der Waals surface area contributed by atoms with E-state index in [-0.39, 0.29) is 10.9 Å². The van der Waals surface area contributed by atoms with Crippen LogP contribution in [0.4, 0.5) is 14.5 Å². The Bertz CT molecular complexity index is 848. The first-order valence-corrected chi connectivity index (χ1v) is 8.16. The van der Waals surface area contributed by atoms with Crippen LogP contribution in [0.3, 0.4) is 0 Å². The summed E-state index contributed by atoms with van der Waals surface area (Å²) in [6, 6.07) is 9.69. The summed E-state index contributed by atoms with van der Waals surface area (Å²) in [6.07, 6.45) is 0. The molecule has 0 unspecified atom stereocenters. The first-order valence-electron chi connectivity index (χ1n) is 7.18. The minimum atomic E-state index is -1.07. The fourth-order valence-electron chi connectivity index (χ4n) is 2.23. The van der Waals surface area contributed by atoms with Gasteiger partial charge >= 0.3 is 0 Å². The van der Waals surface area contributed by atoms with E-state index in [4.69, 9.17) is 4.74 Å². The van der Waals surface area contributed by atoms with E-state index in [1.54, 1.807) is 24.3 Å². The fraction of sp³-hybridized carbons (Fsp3) is 0.118. The maximum Gasteiger partial charge on any atom is 0.272 e. The lowest BCUT2D eigenvalue weighted by Gasteiger charge is -2.15. The molecule has 1 saturated heterocycles. The van der Waals surface area contributed by atoms with Gasteiger partial charge in [-0.25, -0.2) is 18.7 Å². The standard InChI is InChI=1S/C17H12F2N2O3S/c1-24-11-7-5-10(6-8-11)20-17-21(14(22)9-25-17)16(23)15-12(18)3-2-4-13(15)19/h2-8H,9H2,1H3. The molecule has 0 saturated carbocycles. The molecule has 2 aromatic carbocycles. The Balaban J connectivity index is 1.96. The largest absolute Gasteiger partial charge is 0.497 e. The van der Waals surface area contributed by atoms with Gasteiger partial charge in [0, 0.05) is 0 Å². The highest BCUT2D eigenvalue weighted by Crippen LogP contribution is 2.27. The van der Waals surface area contributed by atoms with Crippen molar-refractivity contribution in [3.8, 4) is 5.75 Å². The Hall–Kier alpha value is -2.74. The SMILES string of the molecule is COc1ccc(N=C2SCC(=O)N2C(=O)c2c(F)cccc2F)cc1. The number of rotatable bonds is 3. The number of nitrogens with zero attached hydrogens (tertiary/aromatic N) is 2. The summed E-state index contributed by atoms with van der Waals surface area (Å²) in [4.78, 5) is 29.5. The molecule has 0 N–H and O–H groups in total. The number of hydrogen-bond acceptors (Lipinski definition) is 5. The van der Waals surface area contributed by atoms with Gasteiger partial charge in [-0.1, -0.05) is 17.8 Å². The van der Waals surface area contributed by atoms with E-state index in [0.29, 0.717) is 16.3 Å². The minimum Gasteiger partial charge on any atom is -0.497 e. The molecule has 2 amide bonds. The van der Waals surface area contributed by atoms with E-state index in [9.17, 15) is 18.4 Å². The molecule has 128 valence electrons. The average Bonchev–Trinajstić information content (AvgIpc) is 2.95. The fourth-order valence-corrected chi connectivity index (χ4v) is 3.09. The zero-order valence-corrected chi connectivity index (χ0v) is 13.8. The van der Waals surface area contributed by atoms with Crippen molar-refractivity contribution in [3.63, 3.8) is 0 Å². The molecule has 1 aliphatic rings. The lowest BCUT2D eigenvalue weighted by molar-refractivity contribution is -0.122. The third-order valence-corrected chi connectivity index (χ3v) is 4.37. The molecule has 3 rings (SSSR count). The molecule has 1 fully saturated rings. The zero-order valence-electron chi connectivity index (χ0n) is 13.0. The van der Waals surface area contributed by atoms with Gasteiger partial charge in [0.05, 0.1) is 18.6 Å². The summed E-state index contributed by atoms with van der Waals surface area (Å²) in [6.45, 7) is 0. The predicted octanol–water partition coefficient (Wildman–Crippen LogP) is 3.38. The van der Waals surface area contributed by atoms with Crippen molar-refractivity contribution in [1.82, 2.24) is 4.90 Å². The summed E-state index contributed by atoms with van der Waals surface area (Å²) in [5.41, 5.74) is -0.300. The summed E-state index contributed by atoms with van der Waals surface area (Å²) in [7, 11) is 1.52. The summed E-state index contributed by atoms with van der Waals surface area (Å²) in [5, 5.41) is 0.0721. The molecule has 0 bridgehead atoms. The van der Waals surface area contributed by atoms with Crippen LogP contribution in [0.2, 0.25) is 0 Å². The Morgan fingerprint density at radius 2 is 1.80 bits per heavy atom. The van der Waals surface area contributed by atoms with Crippen LogP contribution >= 0.6 is 11.8 Å². The molecule has 25 heavy (non-hydrogen) atoms. The number of halogens is 2. The topological polar surface area (TPSA) is 59.0 Å². The first-order chi connectivity index (χ1) is 12.0. The van der Waals surface area contributed by atoms with Gasteiger partial charge in [0.15, 0.2) is 5.17 Å². The number of imide groups is 1. The highest BCUT2D eigenvalue weighted by Gasteiger charge is 2.36. The van der Waals surface area contributed by atoms with E-state index < -0.39 is 29.0 Å². The van der Waals surface area contributed by atoms with E-state index in [0.717, 1.165) is 30.0 Å². The Kier molecular flexibility index (Phi) is 4.80. The molecule has 0 radical (unpaired) electrons. The number of methoxy groups -OCH3 is 1. The van der Waals surface area contributed by atoms with Crippen LogP contribution < -0.4 is 4.74 Å². The molecule has 5 nitrogen and oxygen atoms in total. The zero-order chi connectivity index (χ0) is 18.0. The number of hydrogen-bond donors (Lipinski definition) is 0. The third-order valence-electron chi connectivity index (χ3n) is 3.44. The van der Waals surface area contributed by atoms with E-state index in [1.807, 2.05) is 0 Å². The number of amidine groups is 1. The van der Waals surface area contributed by atoms with E-state index in [1.165, 1.54) is 7.11 Å². The van der Waals surface area contributed by atoms with Crippen molar-refractivity contribution < 1.29 is 23.1 Å². The number of aliphatic imine (C=N–C) groups is 1. The number of ether oxygens (including phenoxy) is 1. The van der Waals surface area contributed by atoms with Crippen molar-refractivity contribution in [2.24, 2.45) is 4.99 Å². The smallest absolute Gasteiger partial charge is 0.272 e. The molecule has 8 heteroatoms. The highest BCUT2D eigenvalue weighted by molar-refractivity contribution is 8.15. The van der Waals surface area contributed by atoms with Gasteiger partial charge in [-0.15, -0.1) is 0 Å². The molecule has 0 aromatic heterocycles. The number of benzene rings is 2. The van der Waals surface area contributed by atoms with Gasteiger partial charge < -0.3 is 4.74 Å². The van der Waals surface area contributed by atoms with Crippen LogP contribution in [0.15, 0.2) is 47.5 Å². The Morgan fingerprint density at radius 3 is 2.40 bits per heavy atom. The molecule has 1 heterocycles. The van der Waals surface area contributed by atoms with Gasteiger partial charge in [0.1, 0.15) is 22.9 Å². The monoisotopic (exact) mass is 362 g/mol. The van der Waals surface area contributed by atoms with Gasteiger partial charge in [0.25, 0.3) is 5.91 Å². The maximum atomic E-state index is 13.9. The molecule has 0 aliphatic carbocycles. The lowest BCUT2D eigenvalue weighted by Crippen LogP contribution is -2.37. The van der Waals surface area contributed by atoms with Crippen LogP contribution in [-0.2, 0) is 4.79 Å². The van der Waals surface area contributed by atoms with Crippen molar-refractivity contribution in [3.05, 3.63) is 59.7 Å². The third kappa shape index (κ3) is 3.39. The summed E-state index contributed by atoms with van der Waals surface area (Å²) < 4.78 is 32.8. The predicted molar refractivity (Wildman–Crippen MR) is 90.1 cm³/mol. The minimum absolute atomic E-state index is 0.0310. The second-order valence-corrected chi connectivity index (χ2v) is 5.95. The number of carbonyl (C=O) groups excluding carboxylic acids is 2. The van der Waals surface area contributed by atoms with Crippen LogP contribution in [0.1, 0.15) is 10.4 Å². The van der Waals surface area contributed by atoms with Gasteiger partial charge in [-0.3, -0.25) is 9.59 Å². The van der Waals surface area contributed by atoms with Gasteiger partial charge in [-0.05, 0) is 36.4 Å². The van der Waals surface area contributed by atoms with Gasteiger partial charge in [0.2, 0.25) is 5.91 Å². The average molecular weight is 362 g/mol. The lowest BCUT2D eigenvalue weighted by atomic mass is 10.1. The Morgan fingerprint density at radius 1 is 1.16 bits per heavy atom. The van der Waals surface area contributed by atoms with Crippen molar-refractivity contribution >= 4 is 34.4 Å². The summed E-state index contributed by atoms with van der Waals surface area (Å²) in [5.74, 6) is -3.11. The van der Waals surface area contributed by atoms with Crippen molar-refractivity contribution in [1.29, 1.82) is 0 Å². The second-order valence-electron chi connectivity index (χ2n) is 5.01. The quantitative estimate of drug-likeness (QED) is 0.786. The van der Waals surface area contributed by atoms with Crippen LogP contribution in [-0.4, -0.2) is 34.7 Å². The normalized spacial score (nSPS) is 15.7. The molecule has 1 aliphatic heterocycles. The van der Waals surface area contributed by atoms with Gasteiger partial charge in [-0.2, -0.15) is 0 Å². The molecule has 0 spiro atoms. The van der Waals surface area contributed by atoms with E-state index in [2.05, 4.69) is 4.99 Å². The van der Waals surface area contributed by atoms with Crippen LogP contribution in [0.5, 0.6) is 5.75 Å². The maximum absolute atomic E-state index is 13.9. The number of thioether (sulfide) groups is 1. The first kappa shape index (κ1) is 17.1. The summed E-state index contributed by atoms with van der Waals surface area (Å²) >= 11 is 1.03. The van der Waals surface area contributed by atoms with Crippen LogP contribution in [0, 0.1) is 11.6 Å². The van der Waals surface area contributed by atoms with Crippen molar-refractivity contribution in [2.45, 2.75) is 0 Å². The number of carbonyl (C=O) groups is 2. The van der Waals surface area contributed by atoms with Crippen molar-refractivity contribution in [2.75, 3.05) is 12.9 Å². The molecule has 2 aromatic rings. The number of amides is 2.